The zero-order valence-corrected chi connectivity index (χ0v) is 20.3. The first kappa shape index (κ1) is 23.0. The smallest absolute Gasteiger partial charge is 0.325 e. The summed E-state index contributed by atoms with van der Waals surface area (Å²) in [5.41, 5.74) is 0.541. The molecule has 0 aliphatic heterocycles. The molecule has 3 heterocycles. The van der Waals surface area contributed by atoms with E-state index in [0.29, 0.717) is 45.7 Å². The molecular formula is C28H21ClN4O4. The number of nitrogens with zero attached hydrogens (tertiary/aromatic N) is 2. The Kier molecular flexibility index (Phi) is 5.73. The second-order valence-corrected chi connectivity index (χ2v) is 9.55. The number of pyridine rings is 2. The Balaban J connectivity index is 1.60. The molecular weight excluding hydrogens is 492 g/mol. The molecule has 2 aromatic carbocycles. The number of ether oxygens (including phenoxy) is 1. The van der Waals surface area contributed by atoms with Gasteiger partial charge >= 0.3 is 5.69 Å². The number of benzene rings is 2. The normalized spacial score (nSPS) is 13.1. The minimum atomic E-state index is -0.618. The number of hydrogen-bond acceptors (Lipinski definition) is 5. The van der Waals surface area contributed by atoms with Gasteiger partial charge in [0.1, 0.15) is 5.75 Å². The molecule has 0 atom stereocenters. The van der Waals surface area contributed by atoms with Crippen molar-refractivity contribution in [3.05, 3.63) is 110 Å². The minimum Gasteiger partial charge on any atom is -0.493 e. The molecule has 0 amide bonds. The van der Waals surface area contributed by atoms with E-state index in [0.717, 1.165) is 23.6 Å². The van der Waals surface area contributed by atoms with Crippen LogP contribution in [0.15, 0.2) is 87.7 Å². The van der Waals surface area contributed by atoms with E-state index >= 15 is 0 Å². The van der Waals surface area contributed by atoms with Crippen molar-refractivity contribution in [2.75, 3.05) is 6.61 Å². The number of H-pyrrole nitrogens is 2. The molecule has 0 radical (unpaired) electrons. The third-order valence-corrected chi connectivity index (χ3v) is 6.64. The fourth-order valence-electron chi connectivity index (χ4n) is 4.33. The van der Waals surface area contributed by atoms with Crippen LogP contribution in [0, 0.1) is 5.92 Å². The number of halogens is 1. The van der Waals surface area contributed by atoms with Gasteiger partial charge in [-0.1, -0.05) is 35.9 Å². The summed E-state index contributed by atoms with van der Waals surface area (Å²) in [7, 11) is 0. The van der Waals surface area contributed by atoms with E-state index in [9.17, 15) is 14.4 Å². The van der Waals surface area contributed by atoms with Crippen LogP contribution in [0.4, 0.5) is 0 Å². The highest BCUT2D eigenvalue weighted by molar-refractivity contribution is 6.31. The van der Waals surface area contributed by atoms with E-state index in [1.165, 1.54) is 10.8 Å². The fraction of sp³-hybridized carbons (Fsp3) is 0.143. The first-order chi connectivity index (χ1) is 18.0. The first-order valence-corrected chi connectivity index (χ1v) is 12.2. The Bertz CT molecular complexity index is 1830. The molecule has 5 aromatic rings. The molecule has 184 valence electrons. The van der Waals surface area contributed by atoms with Gasteiger partial charge in [-0.2, -0.15) is 0 Å². The van der Waals surface area contributed by atoms with Gasteiger partial charge in [0.15, 0.2) is 0 Å². The van der Waals surface area contributed by atoms with Crippen molar-refractivity contribution >= 4 is 22.4 Å². The standard InChI is InChI=1S/C28H21ClN4O4/c29-20-7-18(8-21(10-20)37-15-16-5-6-16)23-9-19(24-12-31-28(36)32-26(24)34)14-33(27(23)35)25-13-30-11-17-3-1-2-4-22(17)25/h1-4,7-14,16H,5-6,15H2,(H2,31,32,34,36). The number of nitrogens with one attached hydrogen (secondary N) is 2. The van der Waals surface area contributed by atoms with Gasteiger partial charge in [0.2, 0.25) is 0 Å². The summed E-state index contributed by atoms with van der Waals surface area (Å²) in [6, 6.07) is 14.4. The van der Waals surface area contributed by atoms with E-state index in [2.05, 4.69) is 15.0 Å². The van der Waals surface area contributed by atoms with Gasteiger partial charge in [-0.3, -0.25) is 24.1 Å². The van der Waals surface area contributed by atoms with Gasteiger partial charge in [-0.05, 0) is 48.6 Å². The van der Waals surface area contributed by atoms with Crippen molar-refractivity contribution in [2.45, 2.75) is 12.8 Å². The lowest BCUT2D eigenvalue weighted by molar-refractivity contribution is 0.300. The lowest BCUT2D eigenvalue weighted by Crippen LogP contribution is -2.24. The van der Waals surface area contributed by atoms with Gasteiger partial charge in [-0.25, -0.2) is 4.79 Å². The number of aromatic nitrogens is 4. The van der Waals surface area contributed by atoms with Crippen molar-refractivity contribution < 1.29 is 4.74 Å². The molecule has 0 spiro atoms. The van der Waals surface area contributed by atoms with Crippen molar-refractivity contribution in [1.29, 1.82) is 0 Å². The van der Waals surface area contributed by atoms with Crippen LogP contribution in [0.1, 0.15) is 12.8 Å². The van der Waals surface area contributed by atoms with Crippen molar-refractivity contribution in [2.24, 2.45) is 5.92 Å². The van der Waals surface area contributed by atoms with E-state index in [1.54, 1.807) is 42.9 Å². The van der Waals surface area contributed by atoms with Crippen LogP contribution in [0.3, 0.4) is 0 Å². The Hall–Kier alpha value is -4.43. The van der Waals surface area contributed by atoms with Crippen molar-refractivity contribution in [1.82, 2.24) is 19.5 Å². The highest BCUT2D eigenvalue weighted by Gasteiger charge is 2.22. The van der Waals surface area contributed by atoms with Crippen molar-refractivity contribution in [3.8, 4) is 33.7 Å². The second kappa shape index (κ2) is 9.22. The number of hydrogen-bond donors (Lipinski definition) is 2. The summed E-state index contributed by atoms with van der Waals surface area (Å²) in [5, 5.41) is 2.10. The Morgan fingerprint density at radius 1 is 1.00 bits per heavy atom. The third-order valence-electron chi connectivity index (χ3n) is 6.42. The predicted molar refractivity (Wildman–Crippen MR) is 143 cm³/mol. The van der Waals surface area contributed by atoms with Crippen LogP contribution in [-0.4, -0.2) is 26.1 Å². The van der Waals surface area contributed by atoms with Gasteiger partial charge < -0.3 is 9.72 Å². The van der Waals surface area contributed by atoms with Crippen molar-refractivity contribution in [3.63, 3.8) is 0 Å². The molecule has 0 bridgehead atoms. The zero-order valence-electron chi connectivity index (χ0n) is 19.5. The van der Waals surface area contributed by atoms with Crippen LogP contribution in [0.5, 0.6) is 5.75 Å². The third kappa shape index (κ3) is 4.59. The number of aromatic amines is 2. The molecule has 9 heteroatoms. The van der Waals surface area contributed by atoms with Crippen LogP contribution in [0.2, 0.25) is 5.02 Å². The quantitative estimate of drug-likeness (QED) is 0.347. The summed E-state index contributed by atoms with van der Waals surface area (Å²) in [6.45, 7) is 0.596. The predicted octanol–water partition coefficient (Wildman–Crippen LogP) is 4.54. The summed E-state index contributed by atoms with van der Waals surface area (Å²) < 4.78 is 7.40. The van der Waals surface area contributed by atoms with Gasteiger partial charge in [-0.15, -0.1) is 0 Å². The Labute approximate surface area is 215 Å². The molecule has 2 N–H and O–H groups in total. The number of rotatable bonds is 6. The zero-order chi connectivity index (χ0) is 25.5. The topological polar surface area (TPSA) is 110 Å². The van der Waals surface area contributed by atoms with E-state index in [-0.39, 0.29) is 11.1 Å². The van der Waals surface area contributed by atoms with E-state index < -0.39 is 11.2 Å². The van der Waals surface area contributed by atoms with E-state index in [4.69, 9.17) is 16.3 Å². The van der Waals surface area contributed by atoms with Crippen LogP contribution in [-0.2, 0) is 0 Å². The molecule has 1 fully saturated rings. The maximum atomic E-state index is 13.9. The molecule has 1 aliphatic carbocycles. The van der Waals surface area contributed by atoms with Gasteiger partial charge in [0.05, 0.1) is 24.1 Å². The molecule has 1 aliphatic rings. The average Bonchev–Trinajstić information content (AvgIpc) is 3.72. The lowest BCUT2D eigenvalue weighted by Gasteiger charge is -2.15. The summed E-state index contributed by atoms with van der Waals surface area (Å²) in [4.78, 5) is 47.3. The first-order valence-electron chi connectivity index (χ1n) is 11.8. The molecule has 3 aromatic heterocycles. The maximum absolute atomic E-state index is 13.9. The summed E-state index contributed by atoms with van der Waals surface area (Å²) >= 11 is 6.42. The average molecular weight is 513 g/mol. The molecule has 37 heavy (non-hydrogen) atoms. The minimum absolute atomic E-state index is 0.204. The summed E-state index contributed by atoms with van der Waals surface area (Å²) in [5.74, 6) is 1.12. The molecule has 8 nitrogen and oxygen atoms in total. The molecule has 1 saturated carbocycles. The fourth-order valence-corrected chi connectivity index (χ4v) is 4.56. The maximum Gasteiger partial charge on any atom is 0.325 e. The molecule has 0 unspecified atom stereocenters. The van der Waals surface area contributed by atoms with Crippen LogP contribution < -0.4 is 21.5 Å². The lowest BCUT2D eigenvalue weighted by atomic mass is 10.0. The monoisotopic (exact) mass is 512 g/mol. The summed E-state index contributed by atoms with van der Waals surface area (Å²) in [6.07, 6.45) is 8.53. The van der Waals surface area contributed by atoms with Crippen LogP contribution in [0.25, 0.3) is 38.7 Å². The van der Waals surface area contributed by atoms with Crippen LogP contribution >= 0.6 is 11.6 Å². The highest BCUT2D eigenvalue weighted by atomic mass is 35.5. The van der Waals surface area contributed by atoms with Gasteiger partial charge in [0.25, 0.3) is 11.1 Å². The number of fused-ring (bicyclic) bond motifs is 1. The Morgan fingerprint density at radius 3 is 2.65 bits per heavy atom. The second-order valence-electron chi connectivity index (χ2n) is 9.11. The highest BCUT2D eigenvalue weighted by Crippen LogP contribution is 2.33. The molecule has 0 saturated heterocycles. The van der Waals surface area contributed by atoms with E-state index in [1.807, 2.05) is 24.3 Å². The SMILES string of the molecule is O=c1[nH]cc(-c2cc(-c3cc(Cl)cc(OCC4CC4)c3)c(=O)n(-c3cncc4ccccc34)c2)c(=O)[nH]1. The molecule has 6 rings (SSSR count). The van der Waals surface area contributed by atoms with Gasteiger partial charge in [0, 0.05) is 45.5 Å². The Morgan fingerprint density at radius 2 is 1.84 bits per heavy atom. The largest absolute Gasteiger partial charge is 0.493 e.